The summed E-state index contributed by atoms with van der Waals surface area (Å²) in [5, 5.41) is 3.27. The Morgan fingerprint density at radius 3 is 2.03 bits per heavy atom. The molecule has 0 heterocycles. The van der Waals surface area contributed by atoms with Gasteiger partial charge < -0.3 is 10.1 Å². The van der Waals surface area contributed by atoms with Crippen molar-refractivity contribution in [3.63, 3.8) is 0 Å². The lowest BCUT2D eigenvalue weighted by Crippen LogP contribution is -2.42. The fourth-order valence-electron chi connectivity index (χ4n) is 4.06. The number of nitrogens with one attached hydrogen (secondary N) is 1. The average molecular weight is 549 g/mol. The van der Waals surface area contributed by atoms with E-state index in [1.165, 1.54) is 25.3 Å². The fraction of sp³-hybridized carbons (Fsp3) is 0.167. The molecule has 4 rings (SSSR count). The summed E-state index contributed by atoms with van der Waals surface area (Å²) in [7, 11) is -2.62. The highest BCUT2D eigenvalue weighted by Crippen LogP contribution is 2.32. The Kier molecular flexibility index (Phi) is 8.39. The molecule has 4 aromatic rings. The minimum atomic E-state index is -4.10. The van der Waals surface area contributed by atoms with Crippen LogP contribution in [0.2, 0.25) is 5.02 Å². The minimum Gasteiger partial charge on any atom is -0.495 e. The van der Waals surface area contributed by atoms with Crippen LogP contribution in [0, 0.1) is 13.8 Å². The van der Waals surface area contributed by atoms with Gasteiger partial charge in [-0.05, 0) is 55.3 Å². The van der Waals surface area contributed by atoms with Gasteiger partial charge in [0.2, 0.25) is 5.91 Å². The predicted molar refractivity (Wildman–Crippen MR) is 151 cm³/mol. The van der Waals surface area contributed by atoms with Gasteiger partial charge in [0, 0.05) is 0 Å². The van der Waals surface area contributed by atoms with Crippen LogP contribution in [0.5, 0.6) is 5.75 Å². The summed E-state index contributed by atoms with van der Waals surface area (Å²) in [6.07, 6.45) is 0. The molecule has 1 atom stereocenters. The summed E-state index contributed by atoms with van der Waals surface area (Å²) in [5.41, 5.74) is 4.03. The normalized spacial score (nSPS) is 12.0. The highest BCUT2D eigenvalue weighted by atomic mass is 35.5. The quantitative estimate of drug-likeness (QED) is 0.275. The summed E-state index contributed by atoms with van der Waals surface area (Å²) in [4.78, 5) is 13.6. The van der Waals surface area contributed by atoms with Crippen molar-refractivity contribution in [3.05, 3.63) is 124 Å². The number of hydrogen-bond acceptors (Lipinski definition) is 4. The molecule has 0 saturated carbocycles. The van der Waals surface area contributed by atoms with Crippen LogP contribution in [0.4, 0.5) is 5.69 Å². The zero-order valence-corrected chi connectivity index (χ0v) is 23.0. The van der Waals surface area contributed by atoms with Gasteiger partial charge in [0.1, 0.15) is 12.3 Å². The molecule has 0 fully saturated rings. The Morgan fingerprint density at radius 2 is 1.45 bits per heavy atom. The highest BCUT2D eigenvalue weighted by Gasteiger charge is 2.29. The average Bonchev–Trinajstić information content (AvgIpc) is 2.91. The molecule has 0 bridgehead atoms. The number of sulfonamides is 1. The molecule has 0 spiro atoms. The molecule has 0 aromatic heterocycles. The number of methoxy groups -OCH3 is 1. The SMILES string of the molecule is COc1ccc(N(CC(=O)N[C@@H](c2ccccc2)c2ccc(C)cc2)S(=O)(=O)c2ccc(C)cc2)cc1Cl. The third-order valence-electron chi connectivity index (χ3n) is 6.17. The molecule has 38 heavy (non-hydrogen) atoms. The molecular formula is C30H29ClN2O4S. The van der Waals surface area contributed by atoms with E-state index in [1.54, 1.807) is 24.3 Å². The van der Waals surface area contributed by atoms with Crippen LogP contribution in [0.25, 0.3) is 0 Å². The maximum absolute atomic E-state index is 13.8. The molecule has 4 aromatic carbocycles. The van der Waals surface area contributed by atoms with E-state index in [4.69, 9.17) is 16.3 Å². The van der Waals surface area contributed by atoms with E-state index in [9.17, 15) is 13.2 Å². The van der Waals surface area contributed by atoms with Gasteiger partial charge in [-0.15, -0.1) is 0 Å². The van der Waals surface area contributed by atoms with Crippen LogP contribution in [-0.2, 0) is 14.8 Å². The van der Waals surface area contributed by atoms with Crippen molar-refractivity contribution in [2.75, 3.05) is 18.0 Å². The molecule has 0 aliphatic heterocycles. The Balaban J connectivity index is 1.71. The van der Waals surface area contributed by atoms with Crippen LogP contribution < -0.4 is 14.4 Å². The van der Waals surface area contributed by atoms with E-state index in [0.717, 1.165) is 26.6 Å². The van der Waals surface area contributed by atoms with Crippen LogP contribution in [0.3, 0.4) is 0 Å². The first-order valence-electron chi connectivity index (χ1n) is 12.0. The first-order chi connectivity index (χ1) is 18.2. The van der Waals surface area contributed by atoms with Gasteiger partial charge in [-0.25, -0.2) is 8.42 Å². The third kappa shape index (κ3) is 6.18. The monoisotopic (exact) mass is 548 g/mol. The lowest BCUT2D eigenvalue weighted by molar-refractivity contribution is -0.120. The van der Waals surface area contributed by atoms with E-state index in [1.807, 2.05) is 68.4 Å². The Morgan fingerprint density at radius 1 is 0.868 bits per heavy atom. The Labute approximate surface area is 228 Å². The van der Waals surface area contributed by atoms with Gasteiger partial charge in [0.15, 0.2) is 0 Å². The Hall–Kier alpha value is -3.81. The number of nitrogens with zero attached hydrogens (tertiary/aromatic N) is 1. The molecule has 1 N–H and O–H groups in total. The first kappa shape index (κ1) is 27.2. The topological polar surface area (TPSA) is 75.7 Å². The number of anilines is 1. The zero-order valence-electron chi connectivity index (χ0n) is 21.4. The van der Waals surface area contributed by atoms with Crippen LogP contribution in [0.1, 0.15) is 28.3 Å². The van der Waals surface area contributed by atoms with E-state index in [0.29, 0.717) is 5.75 Å². The molecule has 0 aliphatic rings. The maximum atomic E-state index is 13.8. The van der Waals surface area contributed by atoms with Gasteiger partial charge >= 0.3 is 0 Å². The fourth-order valence-corrected chi connectivity index (χ4v) is 5.73. The number of carbonyl (C=O) groups excluding carboxylic acids is 1. The number of carbonyl (C=O) groups is 1. The molecule has 1 amide bonds. The molecule has 0 aliphatic carbocycles. The van der Waals surface area contributed by atoms with Gasteiger partial charge in [-0.3, -0.25) is 9.10 Å². The van der Waals surface area contributed by atoms with Crippen molar-refractivity contribution in [2.24, 2.45) is 0 Å². The summed E-state index contributed by atoms with van der Waals surface area (Å²) >= 11 is 6.34. The minimum absolute atomic E-state index is 0.0704. The van der Waals surface area contributed by atoms with E-state index >= 15 is 0 Å². The summed E-state index contributed by atoms with van der Waals surface area (Å²) in [5.74, 6) is -0.0712. The molecule has 0 unspecified atom stereocenters. The van der Waals surface area contributed by atoms with Crippen LogP contribution in [-0.4, -0.2) is 28.0 Å². The lowest BCUT2D eigenvalue weighted by atomic mass is 9.98. The van der Waals surface area contributed by atoms with Gasteiger partial charge in [-0.2, -0.15) is 0 Å². The van der Waals surface area contributed by atoms with Gasteiger partial charge in [-0.1, -0.05) is 89.5 Å². The second kappa shape index (κ2) is 11.7. The van der Waals surface area contributed by atoms with E-state index in [2.05, 4.69) is 5.32 Å². The Bertz CT molecular complexity index is 1510. The number of halogens is 1. The second-order valence-corrected chi connectivity index (χ2v) is 11.2. The zero-order chi connectivity index (χ0) is 27.3. The van der Waals surface area contributed by atoms with Gasteiger partial charge in [0.05, 0.1) is 28.8 Å². The summed E-state index contributed by atoms with van der Waals surface area (Å²) in [6.45, 7) is 3.42. The van der Waals surface area contributed by atoms with Crippen molar-refractivity contribution in [1.29, 1.82) is 0 Å². The molecule has 0 radical (unpaired) electrons. The van der Waals surface area contributed by atoms with Crippen molar-refractivity contribution in [2.45, 2.75) is 24.8 Å². The smallest absolute Gasteiger partial charge is 0.264 e. The van der Waals surface area contributed by atoms with Crippen LogP contribution >= 0.6 is 11.6 Å². The molecule has 196 valence electrons. The predicted octanol–water partition coefficient (Wildman–Crippen LogP) is 6.07. The second-order valence-electron chi connectivity index (χ2n) is 8.97. The molecular weight excluding hydrogens is 520 g/mol. The molecule has 8 heteroatoms. The molecule has 0 saturated heterocycles. The highest BCUT2D eigenvalue weighted by molar-refractivity contribution is 7.92. The maximum Gasteiger partial charge on any atom is 0.264 e. The number of ether oxygens (including phenoxy) is 1. The van der Waals surface area contributed by atoms with Crippen molar-refractivity contribution in [1.82, 2.24) is 5.32 Å². The van der Waals surface area contributed by atoms with Crippen molar-refractivity contribution < 1.29 is 17.9 Å². The van der Waals surface area contributed by atoms with E-state index in [-0.39, 0.29) is 15.6 Å². The first-order valence-corrected chi connectivity index (χ1v) is 13.8. The number of hydrogen-bond donors (Lipinski definition) is 1. The summed E-state index contributed by atoms with van der Waals surface area (Å²) < 4.78 is 33.8. The lowest BCUT2D eigenvalue weighted by Gasteiger charge is -2.26. The van der Waals surface area contributed by atoms with E-state index < -0.39 is 28.5 Å². The standard InChI is InChI=1S/C30H29ClN2O4S/c1-21-9-13-24(14-10-21)30(23-7-5-4-6-8-23)32-29(34)20-33(25-15-18-28(37-3)27(31)19-25)38(35,36)26-16-11-22(2)12-17-26/h4-19,30H,20H2,1-3H3,(H,32,34)/t30-/m0/s1. The number of benzene rings is 4. The number of amides is 1. The number of rotatable bonds is 9. The molecule has 6 nitrogen and oxygen atoms in total. The summed E-state index contributed by atoms with van der Waals surface area (Å²) in [6, 6.07) is 28.1. The number of aryl methyl sites for hydroxylation is 2. The van der Waals surface area contributed by atoms with Crippen LogP contribution in [0.15, 0.2) is 102 Å². The largest absolute Gasteiger partial charge is 0.495 e. The third-order valence-corrected chi connectivity index (χ3v) is 8.25. The van der Waals surface area contributed by atoms with Gasteiger partial charge in [0.25, 0.3) is 10.0 Å². The van der Waals surface area contributed by atoms with Crippen molar-refractivity contribution >= 4 is 33.2 Å². The van der Waals surface area contributed by atoms with Crippen molar-refractivity contribution in [3.8, 4) is 5.75 Å².